The lowest BCUT2D eigenvalue weighted by atomic mass is 10.2. The molecule has 4 heteroatoms. The molecule has 1 aromatic rings. The Kier molecular flexibility index (Phi) is 3.69. The molecule has 1 heterocycles. The maximum atomic E-state index is 11.4. The fourth-order valence-electron chi connectivity index (χ4n) is 1.14. The average Bonchev–Trinajstić information content (AvgIpc) is 2.11. The van der Waals surface area contributed by atoms with E-state index in [0.717, 1.165) is 16.5 Å². The highest BCUT2D eigenvalue weighted by Crippen LogP contribution is 2.13. The summed E-state index contributed by atoms with van der Waals surface area (Å²) in [6.07, 6.45) is 2.55. The van der Waals surface area contributed by atoms with Crippen LogP contribution in [0.2, 0.25) is 0 Å². The van der Waals surface area contributed by atoms with Crippen LogP contribution in [-0.4, -0.2) is 16.3 Å². The first kappa shape index (κ1) is 10.5. The SMILES string of the molecule is CCc1cc(=O)n(CCO)cc1Br. The van der Waals surface area contributed by atoms with Gasteiger partial charge in [0.1, 0.15) is 0 Å². The summed E-state index contributed by atoms with van der Waals surface area (Å²) in [5.74, 6) is 0. The third kappa shape index (κ3) is 2.42. The quantitative estimate of drug-likeness (QED) is 0.869. The van der Waals surface area contributed by atoms with E-state index in [1.807, 2.05) is 6.92 Å². The van der Waals surface area contributed by atoms with E-state index in [-0.39, 0.29) is 12.2 Å². The molecule has 0 aliphatic carbocycles. The number of aryl methyl sites for hydroxylation is 1. The Morgan fingerprint density at radius 1 is 1.62 bits per heavy atom. The molecule has 0 amide bonds. The van der Waals surface area contributed by atoms with Crippen molar-refractivity contribution in [3.63, 3.8) is 0 Å². The van der Waals surface area contributed by atoms with Crippen molar-refractivity contribution in [2.24, 2.45) is 0 Å². The van der Waals surface area contributed by atoms with Crippen LogP contribution in [0.1, 0.15) is 12.5 Å². The van der Waals surface area contributed by atoms with Crippen LogP contribution in [-0.2, 0) is 13.0 Å². The van der Waals surface area contributed by atoms with E-state index in [4.69, 9.17) is 5.11 Å². The van der Waals surface area contributed by atoms with Crippen LogP contribution >= 0.6 is 15.9 Å². The molecule has 0 radical (unpaired) electrons. The van der Waals surface area contributed by atoms with Gasteiger partial charge < -0.3 is 9.67 Å². The molecule has 3 nitrogen and oxygen atoms in total. The molecule has 0 aliphatic rings. The fourth-order valence-corrected chi connectivity index (χ4v) is 1.78. The lowest BCUT2D eigenvalue weighted by Crippen LogP contribution is -2.21. The number of halogens is 1. The molecular formula is C9H12BrNO2. The first-order valence-corrected chi connectivity index (χ1v) is 4.98. The fraction of sp³-hybridized carbons (Fsp3) is 0.444. The molecule has 0 saturated heterocycles. The van der Waals surface area contributed by atoms with Gasteiger partial charge in [-0.2, -0.15) is 0 Å². The van der Waals surface area contributed by atoms with Gasteiger partial charge in [-0.05, 0) is 27.9 Å². The minimum absolute atomic E-state index is 0.0161. The molecule has 0 atom stereocenters. The van der Waals surface area contributed by atoms with Crippen LogP contribution in [0, 0.1) is 0 Å². The van der Waals surface area contributed by atoms with Crippen molar-refractivity contribution in [1.29, 1.82) is 0 Å². The summed E-state index contributed by atoms with van der Waals surface area (Å²) in [5.41, 5.74) is 0.938. The second-order valence-electron chi connectivity index (χ2n) is 2.76. The Balaban J connectivity index is 3.13. The highest BCUT2D eigenvalue weighted by Gasteiger charge is 2.01. The van der Waals surface area contributed by atoms with Crippen LogP contribution in [0.5, 0.6) is 0 Å². The average molecular weight is 246 g/mol. The van der Waals surface area contributed by atoms with Gasteiger partial charge in [0.2, 0.25) is 0 Å². The van der Waals surface area contributed by atoms with Crippen LogP contribution in [0.4, 0.5) is 0 Å². The summed E-state index contributed by atoms with van der Waals surface area (Å²) in [6.45, 7) is 2.33. The van der Waals surface area contributed by atoms with Gasteiger partial charge in [0.15, 0.2) is 0 Å². The number of nitrogens with zero attached hydrogens (tertiary/aromatic N) is 1. The van der Waals surface area contributed by atoms with Crippen LogP contribution < -0.4 is 5.56 Å². The summed E-state index contributed by atoms with van der Waals surface area (Å²) < 4.78 is 2.41. The van der Waals surface area contributed by atoms with Gasteiger partial charge in [-0.15, -0.1) is 0 Å². The number of aliphatic hydroxyl groups excluding tert-OH is 1. The Labute approximate surface area is 85.1 Å². The van der Waals surface area contributed by atoms with Gasteiger partial charge >= 0.3 is 0 Å². The summed E-state index contributed by atoms with van der Waals surface area (Å²) in [6, 6.07) is 1.60. The summed E-state index contributed by atoms with van der Waals surface area (Å²) >= 11 is 3.37. The zero-order valence-electron chi connectivity index (χ0n) is 7.46. The maximum Gasteiger partial charge on any atom is 0.250 e. The van der Waals surface area contributed by atoms with Gasteiger partial charge in [0, 0.05) is 23.3 Å². The van der Waals surface area contributed by atoms with Crippen LogP contribution in [0.25, 0.3) is 0 Å². The minimum Gasteiger partial charge on any atom is -0.395 e. The Bertz CT molecular complexity index is 346. The lowest BCUT2D eigenvalue weighted by molar-refractivity contribution is 0.274. The number of hydrogen-bond acceptors (Lipinski definition) is 2. The Morgan fingerprint density at radius 2 is 2.31 bits per heavy atom. The monoisotopic (exact) mass is 245 g/mol. The normalized spacial score (nSPS) is 10.4. The Morgan fingerprint density at radius 3 is 2.85 bits per heavy atom. The second-order valence-corrected chi connectivity index (χ2v) is 3.61. The van der Waals surface area contributed by atoms with Gasteiger partial charge in [-0.1, -0.05) is 6.92 Å². The predicted octanol–water partition coefficient (Wildman–Crippen LogP) is 1.17. The number of pyridine rings is 1. The molecule has 0 saturated carbocycles. The molecule has 72 valence electrons. The molecule has 0 aliphatic heterocycles. The number of aromatic nitrogens is 1. The van der Waals surface area contributed by atoms with Crippen molar-refractivity contribution < 1.29 is 5.11 Å². The molecule has 0 aromatic carbocycles. The topological polar surface area (TPSA) is 42.2 Å². The minimum atomic E-state index is -0.0610. The third-order valence-electron chi connectivity index (χ3n) is 1.88. The van der Waals surface area contributed by atoms with Crippen LogP contribution in [0.15, 0.2) is 21.5 Å². The van der Waals surface area contributed by atoms with Gasteiger partial charge in [0.25, 0.3) is 5.56 Å². The summed E-state index contributed by atoms with van der Waals surface area (Å²) in [7, 11) is 0. The van der Waals surface area contributed by atoms with E-state index >= 15 is 0 Å². The number of rotatable bonds is 3. The standard InChI is InChI=1S/C9H12BrNO2/c1-2-7-5-9(13)11(3-4-12)6-8(7)10/h5-6,12H,2-4H2,1H3. The number of aliphatic hydroxyl groups is 1. The van der Waals surface area contributed by atoms with Crippen molar-refractivity contribution in [3.05, 3.63) is 32.7 Å². The zero-order chi connectivity index (χ0) is 9.84. The van der Waals surface area contributed by atoms with E-state index in [9.17, 15) is 4.79 Å². The highest BCUT2D eigenvalue weighted by molar-refractivity contribution is 9.10. The molecule has 13 heavy (non-hydrogen) atoms. The van der Waals surface area contributed by atoms with Gasteiger partial charge in [-0.25, -0.2) is 0 Å². The first-order chi connectivity index (χ1) is 6.19. The molecule has 1 aromatic heterocycles. The summed E-state index contributed by atoms with van der Waals surface area (Å²) in [5, 5.41) is 8.69. The largest absolute Gasteiger partial charge is 0.395 e. The van der Waals surface area contributed by atoms with Gasteiger partial charge in [-0.3, -0.25) is 4.79 Å². The predicted molar refractivity (Wildman–Crippen MR) is 54.9 cm³/mol. The molecule has 1 rings (SSSR count). The first-order valence-electron chi connectivity index (χ1n) is 4.18. The summed E-state index contributed by atoms with van der Waals surface area (Å²) in [4.78, 5) is 11.4. The van der Waals surface area contributed by atoms with E-state index in [1.54, 1.807) is 12.3 Å². The van der Waals surface area contributed by atoms with Crippen LogP contribution in [0.3, 0.4) is 0 Å². The molecular weight excluding hydrogens is 234 g/mol. The van der Waals surface area contributed by atoms with E-state index in [0.29, 0.717) is 6.54 Å². The van der Waals surface area contributed by atoms with Gasteiger partial charge in [0.05, 0.1) is 6.61 Å². The highest BCUT2D eigenvalue weighted by atomic mass is 79.9. The second kappa shape index (κ2) is 4.58. The maximum absolute atomic E-state index is 11.4. The van der Waals surface area contributed by atoms with Crippen molar-refractivity contribution in [2.75, 3.05) is 6.61 Å². The Hall–Kier alpha value is -0.610. The van der Waals surface area contributed by atoms with E-state index in [1.165, 1.54) is 4.57 Å². The van der Waals surface area contributed by atoms with Crippen molar-refractivity contribution in [1.82, 2.24) is 4.57 Å². The number of hydrogen-bond donors (Lipinski definition) is 1. The van der Waals surface area contributed by atoms with Crippen molar-refractivity contribution >= 4 is 15.9 Å². The van der Waals surface area contributed by atoms with E-state index in [2.05, 4.69) is 15.9 Å². The lowest BCUT2D eigenvalue weighted by Gasteiger charge is -2.06. The molecule has 0 bridgehead atoms. The molecule has 0 spiro atoms. The third-order valence-corrected chi connectivity index (χ3v) is 2.59. The zero-order valence-corrected chi connectivity index (χ0v) is 9.04. The van der Waals surface area contributed by atoms with Crippen molar-refractivity contribution in [2.45, 2.75) is 19.9 Å². The van der Waals surface area contributed by atoms with Crippen molar-refractivity contribution in [3.8, 4) is 0 Å². The molecule has 0 unspecified atom stereocenters. The van der Waals surface area contributed by atoms with E-state index < -0.39 is 0 Å². The molecule has 0 fully saturated rings. The molecule has 1 N–H and O–H groups in total. The smallest absolute Gasteiger partial charge is 0.250 e.